The van der Waals surface area contributed by atoms with Crippen LogP contribution in [0.15, 0.2) is 6.20 Å². The minimum Gasteiger partial charge on any atom is -0.394 e. The Labute approximate surface area is 76.8 Å². The molecule has 0 spiro atoms. The van der Waals surface area contributed by atoms with E-state index in [9.17, 15) is 5.11 Å². The van der Waals surface area contributed by atoms with Crippen LogP contribution < -0.4 is 10.6 Å². The standard InChI is InChI=1S/C8H14N4O/c1-8(13)4-12(5-8)7-6(9)3-11(2)10-7/h3,13H,4-5,9H2,1-2H3. The monoisotopic (exact) mass is 182 g/mol. The van der Waals surface area contributed by atoms with Crippen molar-refractivity contribution in [2.45, 2.75) is 12.5 Å². The summed E-state index contributed by atoms with van der Waals surface area (Å²) in [5.74, 6) is 0.772. The summed E-state index contributed by atoms with van der Waals surface area (Å²) in [6, 6.07) is 0. The highest BCUT2D eigenvalue weighted by Gasteiger charge is 2.38. The number of aliphatic hydroxyl groups is 1. The average Bonchev–Trinajstić information content (AvgIpc) is 2.24. The van der Waals surface area contributed by atoms with Crippen LogP contribution in [0, 0.1) is 0 Å². The van der Waals surface area contributed by atoms with Gasteiger partial charge in [0.15, 0.2) is 5.82 Å². The topological polar surface area (TPSA) is 67.3 Å². The van der Waals surface area contributed by atoms with Crippen LogP contribution in [0.2, 0.25) is 0 Å². The minimum atomic E-state index is -0.579. The largest absolute Gasteiger partial charge is 0.394 e. The van der Waals surface area contributed by atoms with Crippen molar-refractivity contribution in [2.75, 3.05) is 23.7 Å². The Morgan fingerprint density at radius 1 is 1.62 bits per heavy atom. The van der Waals surface area contributed by atoms with Gasteiger partial charge in [0.2, 0.25) is 0 Å². The first-order valence-electron chi connectivity index (χ1n) is 4.24. The van der Waals surface area contributed by atoms with Crippen LogP contribution in [0.4, 0.5) is 11.5 Å². The van der Waals surface area contributed by atoms with Crippen LogP contribution in [-0.4, -0.2) is 33.6 Å². The van der Waals surface area contributed by atoms with Gasteiger partial charge in [0.25, 0.3) is 0 Å². The summed E-state index contributed by atoms with van der Waals surface area (Å²) in [6.07, 6.45) is 1.77. The maximum Gasteiger partial charge on any atom is 0.174 e. The fourth-order valence-electron chi connectivity index (χ4n) is 1.67. The zero-order valence-corrected chi connectivity index (χ0v) is 7.86. The highest BCUT2D eigenvalue weighted by atomic mass is 16.3. The van der Waals surface area contributed by atoms with E-state index in [1.165, 1.54) is 0 Å². The van der Waals surface area contributed by atoms with Crippen molar-refractivity contribution in [2.24, 2.45) is 7.05 Å². The Morgan fingerprint density at radius 2 is 2.23 bits per heavy atom. The maximum absolute atomic E-state index is 9.53. The summed E-state index contributed by atoms with van der Waals surface area (Å²) in [6.45, 7) is 3.02. The predicted octanol–water partition coefficient (Wildman–Crippen LogP) is -0.427. The van der Waals surface area contributed by atoms with Crippen LogP contribution >= 0.6 is 0 Å². The third kappa shape index (κ3) is 1.35. The fourth-order valence-corrected chi connectivity index (χ4v) is 1.67. The molecule has 0 unspecified atom stereocenters. The Morgan fingerprint density at radius 3 is 2.62 bits per heavy atom. The van der Waals surface area contributed by atoms with Gasteiger partial charge in [0, 0.05) is 26.3 Å². The number of β-amino-alcohol motifs (C(OH)–C–C–N with tert-alkyl or cyclic N) is 1. The van der Waals surface area contributed by atoms with Crippen molar-refractivity contribution < 1.29 is 5.11 Å². The van der Waals surface area contributed by atoms with Gasteiger partial charge < -0.3 is 15.7 Å². The first-order valence-corrected chi connectivity index (χ1v) is 4.24. The molecule has 3 N–H and O–H groups in total. The van der Waals surface area contributed by atoms with Crippen LogP contribution in [0.25, 0.3) is 0 Å². The van der Waals surface area contributed by atoms with Gasteiger partial charge >= 0.3 is 0 Å². The molecule has 0 bridgehead atoms. The number of hydrogen-bond donors (Lipinski definition) is 2. The summed E-state index contributed by atoms with van der Waals surface area (Å²) in [7, 11) is 1.83. The number of rotatable bonds is 1. The molecule has 0 aliphatic carbocycles. The van der Waals surface area contributed by atoms with Gasteiger partial charge in [-0.3, -0.25) is 4.68 Å². The lowest BCUT2D eigenvalue weighted by Crippen LogP contribution is -2.60. The Balaban J connectivity index is 2.15. The molecule has 1 aromatic rings. The normalized spacial score (nSPS) is 20.1. The Kier molecular flexibility index (Phi) is 1.53. The van der Waals surface area contributed by atoms with Crippen LogP contribution in [0.3, 0.4) is 0 Å². The van der Waals surface area contributed by atoms with Gasteiger partial charge in [-0.2, -0.15) is 5.10 Å². The van der Waals surface area contributed by atoms with E-state index >= 15 is 0 Å². The SMILES string of the molecule is Cn1cc(N)c(N2CC(C)(O)C2)n1. The van der Waals surface area contributed by atoms with Crippen molar-refractivity contribution in [3.05, 3.63) is 6.20 Å². The Bertz CT molecular complexity index is 323. The molecular formula is C8H14N4O. The number of nitrogen functional groups attached to an aromatic ring is 1. The van der Waals surface area contributed by atoms with E-state index in [1.807, 2.05) is 18.9 Å². The summed E-state index contributed by atoms with van der Waals surface area (Å²) >= 11 is 0. The van der Waals surface area contributed by atoms with E-state index in [-0.39, 0.29) is 0 Å². The number of aromatic nitrogens is 2. The zero-order valence-electron chi connectivity index (χ0n) is 7.86. The smallest absolute Gasteiger partial charge is 0.174 e. The molecule has 1 aliphatic heterocycles. The average molecular weight is 182 g/mol. The lowest BCUT2D eigenvalue weighted by Gasteiger charge is -2.44. The van der Waals surface area contributed by atoms with E-state index in [2.05, 4.69) is 5.10 Å². The van der Waals surface area contributed by atoms with Gasteiger partial charge in [0.05, 0.1) is 11.3 Å². The highest BCUT2D eigenvalue weighted by Crippen LogP contribution is 2.29. The number of aryl methyl sites for hydroxylation is 1. The van der Waals surface area contributed by atoms with Crippen LogP contribution in [-0.2, 0) is 7.05 Å². The molecule has 0 radical (unpaired) electrons. The van der Waals surface area contributed by atoms with E-state index in [4.69, 9.17) is 5.73 Å². The van der Waals surface area contributed by atoms with Crippen molar-refractivity contribution in [1.29, 1.82) is 0 Å². The molecule has 2 rings (SSSR count). The molecule has 0 aromatic carbocycles. The van der Waals surface area contributed by atoms with Crippen molar-refractivity contribution in [3.8, 4) is 0 Å². The van der Waals surface area contributed by atoms with Crippen molar-refractivity contribution >= 4 is 11.5 Å². The lowest BCUT2D eigenvalue weighted by molar-refractivity contribution is 0.0305. The molecule has 5 heteroatoms. The fraction of sp³-hybridized carbons (Fsp3) is 0.625. The first-order chi connectivity index (χ1) is 5.98. The zero-order chi connectivity index (χ0) is 9.64. The van der Waals surface area contributed by atoms with Gasteiger partial charge in [-0.15, -0.1) is 0 Å². The summed E-state index contributed by atoms with van der Waals surface area (Å²) in [5.41, 5.74) is 5.82. The summed E-state index contributed by atoms with van der Waals surface area (Å²) in [4.78, 5) is 1.97. The van der Waals surface area contributed by atoms with E-state index in [1.54, 1.807) is 10.9 Å². The number of nitrogens with two attached hydrogens (primary N) is 1. The molecule has 5 nitrogen and oxygen atoms in total. The number of nitrogens with zero attached hydrogens (tertiary/aromatic N) is 3. The third-order valence-electron chi connectivity index (χ3n) is 2.20. The van der Waals surface area contributed by atoms with E-state index in [0.717, 1.165) is 5.82 Å². The summed E-state index contributed by atoms with van der Waals surface area (Å²) < 4.78 is 1.68. The number of anilines is 2. The second-order valence-electron chi connectivity index (χ2n) is 3.93. The maximum atomic E-state index is 9.53. The summed E-state index contributed by atoms with van der Waals surface area (Å²) in [5, 5.41) is 13.7. The molecule has 0 saturated carbocycles. The molecule has 13 heavy (non-hydrogen) atoms. The second-order valence-corrected chi connectivity index (χ2v) is 3.93. The van der Waals surface area contributed by atoms with Crippen molar-refractivity contribution in [1.82, 2.24) is 9.78 Å². The minimum absolute atomic E-state index is 0.579. The molecule has 1 aromatic heterocycles. The molecule has 0 atom stereocenters. The molecule has 1 aliphatic rings. The van der Waals surface area contributed by atoms with Gasteiger partial charge in [-0.05, 0) is 6.92 Å². The number of hydrogen-bond acceptors (Lipinski definition) is 4. The lowest BCUT2D eigenvalue weighted by atomic mass is 9.97. The van der Waals surface area contributed by atoms with Crippen LogP contribution in [0.1, 0.15) is 6.92 Å². The molecule has 72 valence electrons. The van der Waals surface area contributed by atoms with Gasteiger partial charge in [-0.1, -0.05) is 0 Å². The second kappa shape index (κ2) is 2.38. The molecule has 1 fully saturated rings. The van der Waals surface area contributed by atoms with Gasteiger partial charge in [0.1, 0.15) is 0 Å². The molecule has 0 amide bonds. The third-order valence-corrected chi connectivity index (χ3v) is 2.20. The quantitative estimate of drug-likeness (QED) is 0.618. The molecule has 1 saturated heterocycles. The van der Waals surface area contributed by atoms with E-state index < -0.39 is 5.60 Å². The Hall–Kier alpha value is -1.23. The van der Waals surface area contributed by atoms with Crippen LogP contribution in [0.5, 0.6) is 0 Å². The van der Waals surface area contributed by atoms with Crippen molar-refractivity contribution in [3.63, 3.8) is 0 Å². The first kappa shape index (κ1) is 8.37. The highest BCUT2D eigenvalue weighted by molar-refractivity contribution is 5.63. The van der Waals surface area contributed by atoms with E-state index in [0.29, 0.717) is 18.8 Å². The predicted molar refractivity (Wildman–Crippen MR) is 50.5 cm³/mol. The molecular weight excluding hydrogens is 168 g/mol. The molecule has 2 heterocycles. The van der Waals surface area contributed by atoms with Gasteiger partial charge in [-0.25, -0.2) is 0 Å².